The predicted molar refractivity (Wildman–Crippen MR) is 94.7 cm³/mol. The summed E-state index contributed by atoms with van der Waals surface area (Å²) in [6.07, 6.45) is 4.85. The van der Waals surface area contributed by atoms with Gasteiger partial charge in [0.2, 0.25) is 0 Å². The van der Waals surface area contributed by atoms with Crippen molar-refractivity contribution < 1.29 is 4.74 Å². The molecule has 1 aromatic heterocycles. The van der Waals surface area contributed by atoms with Crippen molar-refractivity contribution in [2.75, 3.05) is 0 Å². The van der Waals surface area contributed by atoms with Gasteiger partial charge in [0.15, 0.2) is 0 Å². The van der Waals surface area contributed by atoms with E-state index >= 15 is 0 Å². The first-order valence-corrected chi connectivity index (χ1v) is 7.87. The molecule has 6 heteroatoms. The Balaban J connectivity index is 1.73. The molecule has 0 atom stereocenters. The van der Waals surface area contributed by atoms with Crippen molar-refractivity contribution in [3.8, 4) is 5.75 Å². The smallest absolute Gasteiger partial charge is 0.141 e. The van der Waals surface area contributed by atoms with Gasteiger partial charge in [0, 0.05) is 5.02 Å². The number of hydrogen-bond acceptors (Lipinski definition) is 4. The van der Waals surface area contributed by atoms with Crippen LogP contribution in [0.2, 0.25) is 5.02 Å². The van der Waals surface area contributed by atoms with Gasteiger partial charge in [-0.1, -0.05) is 23.7 Å². The van der Waals surface area contributed by atoms with E-state index in [9.17, 15) is 0 Å². The largest absolute Gasteiger partial charge is 0.488 e. The van der Waals surface area contributed by atoms with Gasteiger partial charge < -0.3 is 4.74 Å². The van der Waals surface area contributed by atoms with Crippen LogP contribution in [0.15, 0.2) is 54.2 Å². The zero-order valence-electron chi connectivity index (χ0n) is 13.5. The van der Waals surface area contributed by atoms with Crippen LogP contribution in [0.4, 0.5) is 0 Å². The number of aryl methyl sites for hydroxylation is 2. The molecule has 0 radical (unpaired) electrons. The van der Waals surface area contributed by atoms with Crippen LogP contribution in [0.5, 0.6) is 5.75 Å². The standard InChI is InChI=1S/C18H17ClN4O/c1-13-7-16(9-22-23-11-20-21-12-23)8-14(2)18(13)24-10-15-3-5-17(19)6-4-15/h3-9,11-12H,10H2,1-2H3/b22-9-. The maximum atomic E-state index is 5.99. The molecule has 0 saturated heterocycles. The molecule has 0 unspecified atom stereocenters. The van der Waals surface area contributed by atoms with Crippen LogP contribution in [0.25, 0.3) is 0 Å². The Labute approximate surface area is 145 Å². The highest BCUT2D eigenvalue weighted by Crippen LogP contribution is 2.25. The van der Waals surface area contributed by atoms with Crippen molar-refractivity contribution in [3.63, 3.8) is 0 Å². The molecule has 0 aliphatic carbocycles. The average molecular weight is 341 g/mol. The Hall–Kier alpha value is -2.66. The molecule has 1 heterocycles. The summed E-state index contributed by atoms with van der Waals surface area (Å²) >= 11 is 5.90. The molecule has 5 nitrogen and oxygen atoms in total. The summed E-state index contributed by atoms with van der Waals surface area (Å²) < 4.78 is 7.54. The zero-order chi connectivity index (χ0) is 16.9. The second-order valence-electron chi connectivity index (χ2n) is 5.49. The van der Waals surface area contributed by atoms with Crippen molar-refractivity contribution in [3.05, 3.63) is 76.3 Å². The fourth-order valence-corrected chi connectivity index (χ4v) is 2.54. The van der Waals surface area contributed by atoms with Crippen molar-refractivity contribution in [2.45, 2.75) is 20.5 Å². The summed E-state index contributed by atoms with van der Waals surface area (Å²) in [4.78, 5) is 0. The van der Waals surface area contributed by atoms with Crippen LogP contribution in [0, 0.1) is 13.8 Å². The van der Waals surface area contributed by atoms with Gasteiger partial charge in [-0.15, -0.1) is 10.2 Å². The van der Waals surface area contributed by atoms with E-state index in [2.05, 4.69) is 15.3 Å². The molecule has 0 fully saturated rings. The zero-order valence-corrected chi connectivity index (χ0v) is 14.2. The van der Waals surface area contributed by atoms with E-state index in [1.54, 1.807) is 23.5 Å². The van der Waals surface area contributed by atoms with Crippen molar-refractivity contribution >= 4 is 17.8 Å². The number of ether oxygens (including phenoxy) is 1. The number of benzene rings is 2. The molecule has 0 aliphatic heterocycles. The quantitative estimate of drug-likeness (QED) is 0.659. The Morgan fingerprint density at radius 3 is 2.33 bits per heavy atom. The molecule has 0 spiro atoms. The number of hydrogen-bond donors (Lipinski definition) is 0. The van der Waals surface area contributed by atoms with E-state index in [1.807, 2.05) is 50.2 Å². The molecule has 2 aromatic carbocycles. The van der Waals surface area contributed by atoms with E-state index in [-0.39, 0.29) is 0 Å². The van der Waals surface area contributed by atoms with Gasteiger partial charge in [-0.05, 0) is 60.4 Å². The lowest BCUT2D eigenvalue weighted by molar-refractivity contribution is 0.302. The Kier molecular flexibility index (Phi) is 4.91. The van der Waals surface area contributed by atoms with Gasteiger partial charge >= 0.3 is 0 Å². The third-order valence-corrected chi connectivity index (χ3v) is 3.78. The second kappa shape index (κ2) is 7.27. The fourth-order valence-electron chi connectivity index (χ4n) is 2.41. The topological polar surface area (TPSA) is 52.3 Å². The van der Waals surface area contributed by atoms with Gasteiger partial charge in [0.1, 0.15) is 25.0 Å². The minimum absolute atomic E-state index is 0.507. The first kappa shape index (κ1) is 16.2. The highest BCUT2D eigenvalue weighted by atomic mass is 35.5. The summed E-state index contributed by atoms with van der Waals surface area (Å²) in [7, 11) is 0. The highest BCUT2D eigenvalue weighted by Gasteiger charge is 2.06. The third-order valence-electron chi connectivity index (χ3n) is 3.53. The lowest BCUT2D eigenvalue weighted by Gasteiger charge is -2.13. The summed E-state index contributed by atoms with van der Waals surface area (Å²) in [6.45, 7) is 4.56. The number of halogens is 1. The summed E-state index contributed by atoms with van der Waals surface area (Å²) in [5.41, 5.74) is 4.21. The maximum Gasteiger partial charge on any atom is 0.141 e. The predicted octanol–water partition coefficient (Wildman–Crippen LogP) is 4.01. The molecular formula is C18H17ClN4O. The van der Waals surface area contributed by atoms with Crippen LogP contribution in [0.3, 0.4) is 0 Å². The van der Waals surface area contributed by atoms with Gasteiger partial charge in [0.25, 0.3) is 0 Å². The van der Waals surface area contributed by atoms with Gasteiger partial charge in [-0.2, -0.15) is 5.10 Å². The number of aromatic nitrogens is 3. The van der Waals surface area contributed by atoms with Crippen LogP contribution in [-0.2, 0) is 6.61 Å². The molecule has 122 valence electrons. The average Bonchev–Trinajstić information content (AvgIpc) is 3.07. The maximum absolute atomic E-state index is 5.99. The summed E-state index contributed by atoms with van der Waals surface area (Å²) in [6, 6.07) is 11.7. The number of nitrogens with zero attached hydrogens (tertiary/aromatic N) is 4. The van der Waals surface area contributed by atoms with E-state index in [0.29, 0.717) is 6.61 Å². The first-order chi connectivity index (χ1) is 11.6. The Morgan fingerprint density at radius 1 is 1.08 bits per heavy atom. The monoisotopic (exact) mass is 340 g/mol. The van der Waals surface area contributed by atoms with Crippen LogP contribution in [0.1, 0.15) is 22.3 Å². The molecule has 0 amide bonds. The lowest BCUT2D eigenvalue weighted by Crippen LogP contribution is -2.00. The molecule has 0 N–H and O–H groups in total. The fraction of sp³-hybridized carbons (Fsp3) is 0.167. The molecule has 0 saturated carbocycles. The molecule has 0 aliphatic rings. The minimum Gasteiger partial charge on any atom is -0.488 e. The normalized spacial score (nSPS) is 11.1. The minimum atomic E-state index is 0.507. The van der Waals surface area contributed by atoms with E-state index in [1.165, 1.54) is 0 Å². The van der Waals surface area contributed by atoms with Crippen LogP contribution < -0.4 is 4.74 Å². The molecule has 24 heavy (non-hydrogen) atoms. The van der Waals surface area contributed by atoms with Gasteiger partial charge in [-0.25, -0.2) is 4.68 Å². The molecule has 3 rings (SSSR count). The Morgan fingerprint density at radius 2 is 1.71 bits per heavy atom. The molecule has 3 aromatic rings. The summed E-state index contributed by atoms with van der Waals surface area (Å²) in [5, 5.41) is 12.4. The van der Waals surface area contributed by atoms with E-state index in [0.717, 1.165) is 33.0 Å². The van der Waals surface area contributed by atoms with Gasteiger partial charge in [-0.3, -0.25) is 0 Å². The van der Waals surface area contributed by atoms with Crippen molar-refractivity contribution in [2.24, 2.45) is 5.10 Å². The highest BCUT2D eigenvalue weighted by molar-refractivity contribution is 6.30. The summed E-state index contributed by atoms with van der Waals surface area (Å²) in [5.74, 6) is 0.895. The van der Waals surface area contributed by atoms with Crippen molar-refractivity contribution in [1.29, 1.82) is 0 Å². The second-order valence-corrected chi connectivity index (χ2v) is 5.92. The van der Waals surface area contributed by atoms with Crippen LogP contribution >= 0.6 is 11.6 Å². The molecule has 0 bridgehead atoms. The number of rotatable bonds is 5. The molecular weight excluding hydrogens is 324 g/mol. The van der Waals surface area contributed by atoms with Crippen LogP contribution in [-0.4, -0.2) is 21.1 Å². The first-order valence-electron chi connectivity index (χ1n) is 7.49. The van der Waals surface area contributed by atoms with Gasteiger partial charge in [0.05, 0.1) is 6.21 Å². The van der Waals surface area contributed by atoms with E-state index in [4.69, 9.17) is 16.3 Å². The lowest BCUT2D eigenvalue weighted by atomic mass is 10.1. The third kappa shape index (κ3) is 4.00. The Bertz CT molecular complexity index is 819. The van der Waals surface area contributed by atoms with Crippen molar-refractivity contribution in [1.82, 2.24) is 14.9 Å². The van der Waals surface area contributed by atoms with E-state index < -0.39 is 0 Å². The SMILES string of the molecule is Cc1cc(/C=N\n2cnnc2)cc(C)c1OCc1ccc(Cl)cc1.